The number of carbonyl (C=O) groups is 4. The zero-order valence-electron chi connectivity index (χ0n) is 44.5. The third-order valence-electron chi connectivity index (χ3n) is 15.4. The van der Waals surface area contributed by atoms with Crippen molar-refractivity contribution in [3.8, 4) is 0 Å². The first kappa shape index (κ1) is 59.4. The summed E-state index contributed by atoms with van der Waals surface area (Å²) in [5.41, 5.74) is 5.93. The van der Waals surface area contributed by atoms with Crippen LogP contribution in [0.1, 0.15) is 139 Å². The van der Waals surface area contributed by atoms with Crippen LogP contribution in [0, 0.1) is 23.7 Å². The van der Waals surface area contributed by atoms with Crippen LogP contribution in [0.4, 0.5) is 10.2 Å². The number of esters is 4. The maximum absolute atomic E-state index is 14.6. The summed E-state index contributed by atoms with van der Waals surface area (Å²) in [6, 6.07) is 0. The van der Waals surface area contributed by atoms with Gasteiger partial charge in [0, 0.05) is 25.7 Å². The van der Waals surface area contributed by atoms with Gasteiger partial charge in [0.25, 0.3) is 5.85 Å². The molecule has 6 N–H and O–H groups in total. The van der Waals surface area contributed by atoms with E-state index in [1.165, 1.54) is 0 Å². The lowest BCUT2D eigenvalue weighted by Crippen LogP contribution is -2.44. The van der Waals surface area contributed by atoms with Gasteiger partial charge in [0.1, 0.15) is 55.1 Å². The zero-order valence-corrected chi connectivity index (χ0v) is 45.3. The summed E-state index contributed by atoms with van der Waals surface area (Å²) in [6.45, 7) is 13.6. The molecule has 0 saturated carbocycles. The Kier molecular flexibility index (Phi) is 19.7. The van der Waals surface area contributed by atoms with E-state index in [0.717, 1.165) is 68.6 Å². The fourth-order valence-electron chi connectivity index (χ4n) is 10.9. The molecule has 6 fully saturated rings. The molecule has 8 heterocycles. The fourth-order valence-corrected chi connectivity index (χ4v) is 11.2. The number of aliphatic hydroxyl groups excluding tert-OH is 2. The van der Waals surface area contributed by atoms with E-state index in [9.17, 15) is 42.2 Å². The van der Waals surface area contributed by atoms with E-state index in [2.05, 4.69) is 24.3 Å². The monoisotopic (exact) mass is 1100 g/mol. The molecule has 8 rings (SSSR count). The van der Waals surface area contributed by atoms with E-state index in [1.807, 2.05) is 55.4 Å². The molecule has 0 spiro atoms. The first-order valence-corrected chi connectivity index (χ1v) is 28.0. The largest absolute Gasteiger partial charge is 0.462 e. The average Bonchev–Trinajstić information content (AvgIpc) is 4.24. The first-order chi connectivity index (χ1) is 35.8. The molecule has 8 bridgehead atoms. The third-order valence-corrected chi connectivity index (χ3v) is 15.8. The van der Waals surface area contributed by atoms with Gasteiger partial charge in [-0.05, 0) is 107 Å². The van der Waals surface area contributed by atoms with Gasteiger partial charge in [-0.1, -0.05) is 0 Å². The van der Waals surface area contributed by atoms with Crippen LogP contribution in [0.3, 0.4) is 0 Å². The number of nitrogens with zero attached hydrogens (tertiary/aromatic N) is 4. The van der Waals surface area contributed by atoms with Gasteiger partial charge in [-0.15, -0.1) is 0 Å². The molecule has 0 aliphatic carbocycles. The van der Waals surface area contributed by atoms with Crippen molar-refractivity contribution < 1.29 is 89.0 Å². The lowest BCUT2D eigenvalue weighted by Gasteiger charge is -2.26. The lowest BCUT2D eigenvalue weighted by molar-refractivity contribution is -0.201. The SMILES string of the molecule is C[C@@H]1C[C@H]2CC[C@H](O2)[C@H](C)C(=O)O[C@@H](C)C[C@@H]2CC[C@@H](O2)[C@@H](C)C(=O)O[C@H](C)C[C@H]2CC[C@H](O2)[C@H](C)C(=O)O[C@@H](C)C[C@@H]2CC[C@@H](O2)[C@@H](C)C(=O)O1.Nc1ncnc2c1ncn2[C@@H]1O[C@](F)(COS(N)(=O)=O)[C@@H](O)[C@H]1O. The molecule has 26 heteroatoms. The number of aliphatic hydroxyl groups is 2. The highest BCUT2D eigenvalue weighted by Crippen LogP contribution is 2.40. The highest BCUT2D eigenvalue weighted by atomic mass is 32.2. The minimum atomic E-state index is -4.47. The van der Waals surface area contributed by atoms with Crippen LogP contribution in [0.2, 0.25) is 0 Å². The van der Waals surface area contributed by atoms with Crippen molar-refractivity contribution in [2.45, 2.75) is 230 Å². The molecule has 76 heavy (non-hydrogen) atoms. The number of fused-ring (bicyclic) bond motifs is 9. The van der Waals surface area contributed by atoms with E-state index in [0.29, 0.717) is 25.7 Å². The molecule has 6 saturated heterocycles. The first-order valence-electron chi connectivity index (χ1n) is 26.6. The van der Waals surface area contributed by atoms with Gasteiger partial charge < -0.3 is 58.6 Å². The normalized spacial score (nSPS) is 40.7. The predicted molar refractivity (Wildman–Crippen MR) is 264 cm³/mol. The van der Waals surface area contributed by atoms with E-state index in [-0.39, 0.29) is 114 Å². The second-order valence-electron chi connectivity index (χ2n) is 21.7. The summed E-state index contributed by atoms with van der Waals surface area (Å²) in [5, 5.41) is 24.5. The van der Waals surface area contributed by atoms with E-state index >= 15 is 0 Å². The Labute approximate surface area is 442 Å². The highest BCUT2D eigenvalue weighted by Gasteiger charge is 2.57. The Morgan fingerprint density at radius 2 is 0.974 bits per heavy atom. The van der Waals surface area contributed by atoms with Crippen LogP contribution in [0.5, 0.6) is 0 Å². The smallest absolute Gasteiger partial charge is 0.333 e. The fraction of sp³-hybridized carbons (Fsp3) is 0.820. The van der Waals surface area contributed by atoms with Crippen LogP contribution in [0.15, 0.2) is 12.7 Å². The topological polar surface area (TPSA) is 331 Å². The molecule has 6 aliphatic rings. The van der Waals surface area contributed by atoms with Crippen molar-refractivity contribution in [2.24, 2.45) is 28.8 Å². The number of hydrogen-bond donors (Lipinski definition) is 4. The molecule has 0 amide bonds. The number of alkyl halides is 1. The van der Waals surface area contributed by atoms with Crippen molar-refractivity contribution in [3.05, 3.63) is 12.7 Å². The maximum atomic E-state index is 14.6. The molecular formula is C50H77FN6O18S. The van der Waals surface area contributed by atoms with Crippen LogP contribution in [-0.4, -0.2) is 160 Å². The van der Waals surface area contributed by atoms with Gasteiger partial charge in [-0.3, -0.25) is 27.9 Å². The average molecular weight is 1100 g/mol. The minimum absolute atomic E-state index is 0.0517. The second kappa shape index (κ2) is 25.3. The molecule has 24 nitrogen and oxygen atoms in total. The van der Waals surface area contributed by atoms with Gasteiger partial charge in [0.2, 0.25) is 0 Å². The number of hydrogen-bond acceptors (Lipinski definition) is 22. The molecule has 2 aromatic rings. The molecule has 20 atom stereocenters. The van der Waals surface area contributed by atoms with Crippen LogP contribution in [-0.2, 0) is 76.3 Å². The summed E-state index contributed by atoms with van der Waals surface area (Å²) >= 11 is 0. The third kappa shape index (κ3) is 14.9. The van der Waals surface area contributed by atoms with Gasteiger partial charge in [-0.25, -0.2) is 24.5 Å². The number of carbonyl (C=O) groups excluding carboxylic acids is 4. The van der Waals surface area contributed by atoms with Crippen molar-refractivity contribution in [3.63, 3.8) is 0 Å². The van der Waals surface area contributed by atoms with Crippen LogP contribution in [0.25, 0.3) is 11.2 Å². The molecule has 0 radical (unpaired) electrons. The van der Waals surface area contributed by atoms with Gasteiger partial charge in [0.05, 0.1) is 78.8 Å². The van der Waals surface area contributed by atoms with Crippen LogP contribution >= 0.6 is 0 Å². The van der Waals surface area contributed by atoms with E-state index < -0.39 is 64.9 Å². The maximum Gasteiger partial charge on any atom is 0.333 e. The quantitative estimate of drug-likeness (QED) is 0.251. The Morgan fingerprint density at radius 3 is 1.32 bits per heavy atom. The number of cyclic esters (lactones) is 4. The minimum Gasteiger partial charge on any atom is -0.462 e. The molecular weight excluding hydrogens is 1020 g/mol. The number of imidazole rings is 1. The summed E-state index contributed by atoms with van der Waals surface area (Å²) < 4.78 is 94.8. The summed E-state index contributed by atoms with van der Waals surface area (Å²) in [7, 11) is -4.47. The molecule has 0 unspecified atom stereocenters. The number of rotatable bonds is 4. The standard InChI is InChI=1S/C40H64O12.C10H13FN6O6S/c1-21-17-29-9-13-34(49-29)26(6)38(42)46-23(3)19-31-11-15-36(51-31)28(8)40(44)48-24(4)20-32-12-16-35(52-32)27(7)39(43)47-22(2)18-30-10-14-33(50-30)25(5)37(41)45-21;11-10(1-22-24(13,20)21)6(19)5(18)9(23-10)17-3-16-4-7(12)14-2-15-8(4)17/h21-36H,9-20H2,1-8H3;2-3,5-6,9,18-19H,1H2,(H2,12,14,15)(H2,13,20,21)/t21-,22+,23+,24-,25-,26+,27+,28-,29-,30+,31+,32-,33-,34+,35+,36-;5-,6+,9-,10-/m.1/s1. The summed E-state index contributed by atoms with van der Waals surface area (Å²) in [4.78, 5) is 64.0. The number of nitrogens with two attached hydrogens (primary N) is 2. The summed E-state index contributed by atoms with van der Waals surface area (Å²) in [6.07, 6.45) is 2.15. The number of nitrogen functional groups attached to an aromatic ring is 1. The van der Waals surface area contributed by atoms with Crippen molar-refractivity contribution in [2.75, 3.05) is 12.3 Å². The number of anilines is 1. The molecule has 428 valence electrons. The number of aromatic nitrogens is 4. The summed E-state index contributed by atoms with van der Waals surface area (Å²) in [5.74, 6) is -5.90. The molecule has 2 aromatic heterocycles. The zero-order chi connectivity index (χ0) is 55.4. The van der Waals surface area contributed by atoms with E-state index in [4.69, 9.17) is 48.4 Å². The molecule has 0 aromatic carbocycles. The predicted octanol–water partition coefficient (Wildman–Crippen LogP) is 3.57. The Morgan fingerprint density at radius 1 is 0.618 bits per heavy atom. The highest BCUT2D eigenvalue weighted by molar-refractivity contribution is 7.84. The van der Waals surface area contributed by atoms with Crippen LogP contribution < -0.4 is 10.9 Å². The number of halogens is 1. The Bertz CT molecular complexity index is 2260. The van der Waals surface area contributed by atoms with Crippen molar-refractivity contribution >= 4 is 51.2 Å². The van der Waals surface area contributed by atoms with Crippen molar-refractivity contribution in [1.82, 2.24) is 19.5 Å². The van der Waals surface area contributed by atoms with Gasteiger partial charge >= 0.3 is 34.2 Å². The second-order valence-corrected chi connectivity index (χ2v) is 22.9. The Balaban J connectivity index is 0.000000290. The van der Waals surface area contributed by atoms with Crippen molar-refractivity contribution in [1.29, 1.82) is 0 Å². The molecule has 6 aliphatic heterocycles. The Hall–Kier alpha value is -4.25. The van der Waals surface area contributed by atoms with Gasteiger partial charge in [-0.2, -0.15) is 8.42 Å². The van der Waals surface area contributed by atoms with E-state index in [1.54, 1.807) is 0 Å². The number of ether oxygens (including phenoxy) is 9. The lowest BCUT2D eigenvalue weighted by atomic mass is 10.00. The van der Waals surface area contributed by atoms with Gasteiger partial charge in [0.15, 0.2) is 17.7 Å².